The Kier molecular flexibility index (Phi) is 19.9. The van der Waals surface area contributed by atoms with Gasteiger partial charge in [0.1, 0.15) is 6.61 Å². The number of para-hydroxylation sites is 1. The molecule has 1 aliphatic rings. The summed E-state index contributed by atoms with van der Waals surface area (Å²) < 4.78 is 5.35. The van der Waals surface area contributed by atoms with Gasteiger partial charge in [0, 0.05) is 69.8 Å². The summed E-state index contributed by atoms with van der Waals surface area (Å²) in [6.07, 6.45) is 4.82. The van der Waals surface area contributed by atoms with Gasteiger partial charge < -0.3 is 31.4 Å². The van der Waals surface area contributed by atoms with E-state index in [0.717, 1.165) is 24.0 Å². The first-order chi connectivity index (χ1) is 20.4. The van der Waals surface area contributed by atoms with Crippen LogP contribution in [-0.4, -0.2) is 61.5 Å². The van der Waals surface area contributed by atoms with Crippen LogP contribution >= 0.6 is 0 Å². The van der Waals surface area contributed by atoms with Gasteiger partial charge in [-0.1, -0.05) is 75.6 Å². The van der Waals surface area contributed by atoms with Gasteiger partial charge in [-0.2, -0.15) is 6.54 Å². The van der Waals surface area contributed by atoms with Crippen molar-refractivity contribution < 1.29 is 57.2 Å². The van der Waals surface area contributed by atoms with Crippen LogP contribution in [0, 0.1) is 0 Å². The van der Waals surface area contributed by atoms with Crippen molar-refractivity contribution in [3.63, 3.8) is 0 Å². The molecule has 2 aromatic carbocycles. The smallest absolute Gasteiger partial charge is 0.229 e. The minimum Gasteiger partial charge on any atom is -0.677 e. The molecule has 11 nitrogen and oxygen atoms in total. The van der Waals surface area contributed by atoms with E-state index in [4.69, 9.17) is 27.3 Å². The maximum atomic E-state index is 13.5. The molecule has 0 bridgehead atoms. The monoisotopic (exact) mass is 672 g/mol. The number of carbonyl (C=O) groups is 2. The topological polar surface area (TPSA) is 167 Å². The van der Waals surface area contributed by atoms with E-state index in [1.165, 1.54) is 17.9 Å². The van der Waals surface area contributed by atoms with Crippen LogP contribution < -0.4 is 21.8 Å². The molecule has 7 N–H and O–H groups in total. The maximum absolute atomic E-state index is 13.5. The molecule has 2 amide bonds. The third-order valence-electron chi connectivity index (χ3n) is 6.62. The van der Waals surface area contributed by atoms with Gasteiger partial charge in [-0.3, -0.25) is 14.8 Å². The molecule has 3 rings (SSSR count). The summed E-state index contributed by atoms with van der Waals surface area (Å²) in [5.41, 5.74) is 17.3. The van der Waals surface area contributed by atoms with E-state index in [1.807, 2.05) is 55.5 Å². The Morgan fingerprint density at radius 3 is 2.35 bits per heavy atom. The number of hydrogen-bond donors (Lipinski definition) is 4. The number of rotatable bonds is 15. The van der Waals surface area contributed by atoms with Crippen molar-refractivity contribution >= 4 is 28.9 Å². The van der Waals surface area contributed by atoms with Gasteiger partial charge in [-0.15, -0.1) is 0 Å². The quantitative estimate of drug-likeness (QED) is 0.0927. The summed E-state index contributed by atoms with van der Waals surface area (Å²) in [6.45, 7) is 6.41. The number of amides is 2. The first kappa shape index (κ1) is 38.6. The summed E-state index contributed by atoms with van der Waals surface area (Å²) in [6, 6.07) is 15.0. The van der Waals surface area contributed by atoms with E-state index < -0.39 is 0 Å². The van der Waals surface area contributed by atoms with Crippen molar-refractivity contribution in [2.75, 3.05) is 44.4 Å². The Morgan fingerprint density at radius 1 is 1.00 bits per heavy atom. The molecule has 2 aromatic rings. The van der Waals surface area contributed by atoms with E-state index in [0.29, 0.717) is 48.9 Å². The second kappa shape index (κ2) is 22.2. The van der Waals surface area contributed by atoms with Crippen molar-refractivity contribution in [1.82, 2.24) is 10.3 Å². The molecule has 0 spiro atoms. The van der Waals surface area contributed by atoms with Crippen LogP contribution in [0.2, 0.25) is 0 Å². The summed E-state index contributed by atoms with van der Waals surface area (Å²) in [5, 5.41) is 13.0. The van der Waals surface area contributed by atoms with Gasteiger partial charge in [-0.25, -0.2) is 10.7 Å². The van der Waals surface area contributed by atoms with E-state index in [1.54, 1.807) is 4.90 Å². The van der Waals surface area contributed by atoms with E-state index in [9.17, 15) is 9.59 Å². The zero-order valence-corrected chi connectivity index (χ0v) is 28.4. The number of hydrazine groups is 1. The number of nitrogens with zero attached hydrogens (tertiary/aromatic N) is 2. The number of nitrogens with one attached hydrogen (secondary N) is 2. The number of ether oxygens (including phenoxy) is 1. The molecule has 1 heterocycles. The number of benzene rings is 2. The van der Waals surface area contributed by atoms with Crippen LogP contribution in [-0.2, 0) is 58.5 Å². The summed E-state index contributed by atoms with van der Waals surface area (Å²) >= 11 is 0. The minimum atomic E-state index is -0.153. The maximum Gasteiger partial charge on any atom is 0.229 e. The molecular weight excluding hydrogens is 625 g/mol. The summed E-state index contributed by atoms with van der Waals surface area (Å²) in [5.74, 6) is 6.05. The second-order valence-electron chi connectivity index (χ2n) is 9.86. The molecule has 0 saturated heterocycles. The molecule has 0 unspecified atom stereocenters. The molecular formula is C31H47N6O5Y-. The van der Waals surface area contributed by atoms with Gasteiger partial charge in [0.05, 0.1) is 36.8 Å². The Bertz CT molecular complexity index is 1150. The number of anilines is 1. The van der Waals surface area contributed by atoms with Gasteiger partial charge in [0.15, 0.2) is 0 Å². The van der Waals surface area contributed by atoms with E-state index in [-0.39, 0.29) is 77.1 Å². The summed E-state index contributed by atoms with van der Waals surface area (Å²) in [7, 11) is 0. The fourth-order valence-corrected chi connectivity index (χ4v) is 4.46. The molecule has 12 heteroatoms. The Morgan fingerprint density at radius 2 is 1.70 bits per heavy atom. The number of carbonyl (C=O) groups excluding carboxylic acids is 2. The largest absolute Gasteiger partial charge is 0.677 e. The van der Waals surface area contributed by atoms with Crippen molar-refractivity contribution in [3.05, 3.63) is 71.0 Å². The molecule has 1 radical (unpaired) electrons. The fourth-order valence-electron chi connectivity index (χ4n) is 4.46. The Labute approximate surface area is 280 Å². The number of hydrogen-bond acceptors (Lipinski definition) is 8. The van der Waals surface area contributed by atoms with Crippen molar-refractivity contribution in [2.24, 2.45) is 11.6 Å². The molecule has 0 atom stereocenters. The normalized spacial score (nSPS) is 13.7. The van der Waals surface area contributed by atoms with Crippen LogP contribution in [0.1, 0.15) is 69.1 Å². The van der Waals surface area contributed by atoms with Crippen LogP contribution in [0.25, 0.3) is 17.1 Å². The third kappa shape index (κ3) is 12.6. The van der Waals surface area contributed by atoms with Crippen molar-refractivity contribution in [2.45, 2.75) is 58.9 Å². The predicted octanol–water partition coefficient (Wildman–Crippen LogP) is 4.53. The number of fused-ring (bicyclic) bond motifs is 2. The average Bonchev–Trinajstić information content (AvgIpc) is 3.00. The first-order valence-electron chi connectivity index (χ1n) is 14.6. The van der Waals surface area contributed by atoms with Gasteiger partial charge in [-0.05, 0) is 18.1 Å². The van der Waals surface area contributed by atoms with Crippen molar-refractivity contribution in [3.8, 4) is 0 Å². The van der Waals surface area contributed by atoms with Gasteiger partial charge >= 0.3 is 0 Å². The molecule has 43 heavy (non-hydrogen) atoms. The summed E-state index contributed by atoms with van der Waals surface area (Å²) in [4.78, 5) is 31.4. The standard InChI is InChI=1S/C26H35N5O5.C5H12N.Y/c1-2-15-35-16-12-23(32)29-13-11-24(33)30-18-19-7-3-4-8-20(19)25(27)26(31(28)14-17-36-34)21-9-5-6-10-22(21)30;1-2-3-4-5-6;/h3-10,34H,2,11-18,27-28H2,1H3,(H,29,32);6H,2-5H2,1H3;/q;-1;/b26-25-;;. The third-order valence-corrected chi connectivity index (χ3v) is 6.62. The van der Waals surface area contributed by atoms with Gasteiger partial charge in [0.25, 0.3) is 0 Å². The zero-order valence-electron chi connectivity index (χ0n) is 25.5. The number of nitrogens with two attached hydrogens (primary N) is 2. The number of unbranched alkanes of at least 4 members (excludes halogenated alkanes) is 2. The SMILES string of the molecule is CCCCC[NH-].CCCOCCC(=O)NCCC(=O)N1Cc2ccccc2/C(N)=C(/N(N)CCOO)c2ccccc21.[Y]. The first-order valence-corrected chi connectivity index (χ1v) is 14.6. The van der Waals surface area contributed by atoms with Crippen LogP contribution in [0.15, 0.2) is 48.5 Å². The van der Waals surface area contributed by atoms with Gasteiger partial charge in [0.2, 0.25) is 11.8 Å². The second-order valence-corrected chi connectivity index (χ2v) is 9.86. The molecule has 0 aromatic heterocycles. The Hall–Kier alpha value is -2.38. The van der Waals surface area contributed by atoms with Crippen LogP contribution in [0.4, 0.5) is 5.69 Å². The molecule has 0 fully saturated rings. The molecule has 235 valence electrons. The average molecular weight is 673 g/mol. The van der Waals surface area contributed by atoms with Crippen molar-refractivity contribution in [1.29, 1.82) is 0 Å². The minimum absolute atomic E-state index is 0. The van der Waals surface area contributed by atoms with E-state index >= 15 is 0 Å². The van der Waals surface area contributed by atoms with E-state index in [2.05, 4.69) is 17.1 Å². The molecule has 0 saturated carbocycles. The molecule has 1 aliphatic heterocycles. The fraction of sp³-hybridized carbons (Fsp3) is 0.484. The predicted molar refractivity (Wildman–Crippen MR) is 167 cm³/mol. The van der Waals surface area contributed by atoms with Crippen LogP contribution in [0.5, 0.6) is 0 Å². The van der Waals surface area contributed by atoms with Crippen LogP contribution in [0.3, 0.4) is 0 Å². The zero-order chi connectivity index (χ0) is 30.7. The molecule has 0 aliphatic carbocycles. The Balaban J connectivity index is 0.00000120.